The summed E-state index contributed by atoms with van der Waals surface area (Å²) in [6.07, 6.45) is -3.12. The Kier molecular flexibility index (Phi) is 8.97. The number of rotatable bonds is 9. The molecule has 2 saturated heterocycles. The Labute approximate surface area is 260 Å². The fourth-order valence-electron chi connectivity index (χ4n) is 5.84. The quantitative estimate of drug-likeness (QED) is 0.249. The maximum Gasteiger partial charge on any atom is 0.406 e. The molecule has 6 rings (SSSR count). The molecule has 16 heteroatoms. The van der Waals surface area contributed by atoms with Gasteiger partial charge >= 0.3 is 6.18 Å². The van der Waals surface area contributed by atoms with E-state index in [0.717, 1.165) is 35.6 Å². The van der Waals surface area contributed by atoms with Crippen molar-refractivity contribution in [3.63, 3.8) is 0 Å². The number of halogens is 4. The number of amides is 1. The summed E-state index contributed by atoms with van der Waals surface area (Å²) in [7, 11) is 3.55. The van der Waals surface area contributed by atoms with E-state index in [1.807, 2.05) is 11.9 Å². The van der Waals surface area contributed by atoms with Crippen molar-refractivity contribution in [2.45, 2.75) is 56.8 Å². The first-order chi connectivity index (χ1) is 21.6. The van der Waals surface area contributed by atoms with Crippen molar-refractivity contribution in [3.05, 3.63) is 41.2 Å². The number of carbonyl (C=O) groups excluding carboxylic acids is 1. The van der Waals surface area contributed by atoms with Crippen LogP contribution in [0.3, 0.4) is 0 Å². The Balaban J connectivity index is 1.18. The number of alkyl halides is 4. The van der Waals surface area contributed by atoms with Gasteiger partial charge in [-0.15, -0.1) is 11.3 Å². The van der Waals surface area contributed by atoms with E-state index in [1.165, 1.54) is 11.3 Å². The molecule has 2 aliphatic rings. The molecule has 0 aliphatic carbocycles. The van der Waals surface area contributed by atoms with Crippen LogP contribution in [0.4, 0.5) is 28.4 Å². The van der Waals surface area contributed by atoms with E-state index in [0.29, 0.717) is 29.6 Å². The van der Waals surface area contributed by atoms with E-state index in [1.54, 1.807) is 36.8 Å². The van der Waals surface area contributed by atoms with Gasteiger partial charge in [-0.3, -0.25) is 4.79 Å². The molecule has 1 aromatic carbocycles. The third-order valence-electron chi connectivity index (χ3n) is 8.24. The number of nitrogens with zero attached hydrogens (tertiary/aromatic N) is 6. The molecule has 0 saturated carbocycles. The van der Waals surface area contributed by atoms with Crippen LogP contribution in [0.1, 0.15) is 35.6 Å². The summed E-state index contributed by atoms with van der Waals surface area (Å²) in [6, 6.07) is 5.99. The number of carbonyl (C=O) groups is 1. The van der Waals surface area contributed by atoms with E-state index < -0.39 is 30.8 Å². The predicted molar refractivity (Wildman–Crippen MR) is 161 cm³/mol. The van der Waals surface area contributed by atoms with Crippen molar-refractivity contribution in [2.75, 3.05) is 50.6 Å². The van der Waals surface area contributed by atoms with Crippen LogP contribution >= 0.6 is 11.3 Å². The lowest BCUT2D eigenvalue weighted by atomic mass is 10.0. The zero-order valence-electron chi connectivity index (χ0n) is 24.8. The van der Waals surface area contributed by atoms with Gasteiger partial charge in [0, 0.05) is 49.7 Å². The molecule has 242 valence electrons. The van der Waals surface area contributed by atoms with E-state index in [4.69, 9.17) is 9.26 Å². The third kappa shape index (κ3) is 7.07. The van der Waals surface area contributed by atoms with Crippen molar-refractivity contribution in [1.29, 1.82) is 0 Å². The highest BCUT2D eigenvalue weighted by Gasteiger charge is 2.32. The fraction of sp³-hybridized carbons (Fsp3) is 0.517. The lowest BCUT2D eigenvalue weighted by Gasteiger charge is -2.33. The number of anilines is 2. The maximum atomic E-state index is 14.8. The van der Waals surface area contributed by atoms with Crippen molar-refractivity contribution in [2.24, 2.45) is 0 Å². The van der Waals surface area contributed by atoms with Crippen LogP contribution in [0.15, 0.2) is 34.2 Å². The molecule has 2 aliphatic heterocycles. The van der Waals surface area contributed by atoms with E-state index in [9.17, 15) is 22.4 Å². The van der Waals surface area contributed by atoms with Gasteiger partial charge in [-0.1, -0.05) is 11.2 Å². The molecule has 11 nitrogen and oxygen atoms in total. The number of fused-ring (bicyclic) bond motifs is 1. The minimum absolute atomic E-state index is 0.0178. The number of benzene rings is 1. The average Bonchev–Trinajstić information content (AvgIpc) is 3.77. The number of hydrogen-bond donors (Lipinski definition) is 2. The molecule has 1 amide bonds. The zero-order valence-corrected chi connectivity index (χ0v) is 25.6. The van der Waals surface area contributed by atoms with Crippen LogP contribution in [0.25, 0.3) is 22.4 Å². The fourth-order valence-corrected chi connectivity index (χ4v) is 6.70. The van der Waals surface area contributed by atoms with Crippen LogP contribution in [0.2, 0.25) is 0 Å². The second-order valence-electron chi connectivity index (χ2n) is 11.4. The van der Waals surface area contributed by atoms with Gasteiger partial charge in [0.2, 0.25) is 11.7 Å². The minimum atomic E-state index is -4.53. The van der Waals surface area contributed by atoms with Crippen LogP contribution in [-0.4, -0.2) is 95.3 Å². The highest BCUT2D eigenvalue weighted by Crippen LogP contribution is 2.35. The normalized spacial score (nSPS) is 20.2. The van der Waals surface area contributed by atoms with Gasteiger partial charge in [0.1, 0.15) is 18.4 Å². The van der Waals surface area contributed by atoms with Crippen LogP contribution < -0.4 is 15.5 Å². The first-order valence-corrected chi connectivity index (χ1v) is 15.6. The molecule has 45 heavy (non-hydrogen) atoms. The average molecular weight is 651 g/mol. The molecular formula is C29H34F4N8O3S. The number of thiazole rings is 1. The van der Waals surface area contributed by atoms with Crippen molar-refractivity contribution < 1.29 is 31.6 Å². The van der Waals surface area contributed by atoms with Crippen LogP contribution in [-0.2, 0) is 17.8 Å². The Morgan fingerprint density at radius 1 is 1.18 bits per heavy atom. The molecular weight excluding hydrogens is 616 g/mol. The number of aromatic nitrogens is 4. The number of nitrogens with one attached hydrogen (secondary N) is 2. The lowest BCUT2D eigenvalue weighted by molar-refractivity contribution is -0.139. The van der Waals surface area contributed by atoms with Gasteiger partial charge in [0.05, 0.1) is 29.9 Å². The maximum absolute atomic E-state index is 14.8. The van der Waals surface area contributed by atoms with Gasteiger partial charge in [0.15, 0.2) is 5.13 Å². The second kappa shape index (κ2) is 12.9. The van der Waals surface area contributed by atoms with Gasteiger partial charge in [0.25, 0.3) is 5.91 Å². The lowest BCUT2D eigenvalue weighted by Crippen LogP contribution is -2.46. The van der Waals surface area contributed by atoms with Gasteiger partial charge in [-0.05, 0) is 44.5 Å². The minimum Gasteiger partial charge on any atom is -0.381 e. The number of ether oxygens (including phenoxy) is 1. The molecule has 2 N–H and O–H groups in total. The Bertz CT molecular complexity index is 1630. The molecule has 0 unspecified atom stereocenters. The van der Waals surface area contributed by atoms with Crippen LogP contribution in [0.5, 0.6) is 0 Å². The smallest absolute Gasteiger partial charge is 0.381 e. The van der Waals surface area contributed by atoms with Gasteiger partial charge in [-0.25, -0.2) is 9.37 Å². The summed E-state index contributed by atoms with van der Waals surface area (Å²) < 4.78 is 67.7. The molecule has 0 bridgehead atoms. The van der Waals surface area contributed by atoms with E-state index in [-0.39, 0.29) is 42.3 Å². The third-order valence-corrected chi connectivity index (χ3v) is 9.14. The SMILES string of the molecule is COC1CCN(c2nc(C(=O)NCc3nc(-c4cc5c(N[C@@H]6CCN(C)C[C@@H]6F)cccc5n4CC(F)(F)F)no3)cs2)CC1. The summed E-state index contributed by atoms with van der Waals surface area (Å²) in [6.45, 7) is 1.12. The molecule has 5 heterocycles. The monoisotopic (exact) mass is 650 g/mol. The number of piperidine rings is 2. The highest BCUT2D eigenvalue weighted by molar-refractivity contribution is 7.13. The standard InChI is InChI=1S/C29H34F4N8O3S/c1-39-9-8-21(19(30)14-39)35-20-4-3-5-23-18(20)12-24(41(23)16-29(31,32)33)26-37-25(44-38-26)13-34-27(42)22-15-45-28(36-22)40-10-6-17(43-2)7-11-40/h3-5,12,15,17,19,21,35H,6-11,13-14,16H2,1-2H3,(H,34,42)/t19-,21+/m0/s1. The molecule has 2 atom stereocenters. The number of hydrogen-bond acceptors (Lipinski definition) is 10. The Morgan fingerprint density at radius 3 is 2.71 bits per heavy atom. The van der Waals surface area contributed by atoms with Crippen LogP contribution in [0, 0.1) is 0 Å². The molecule has 2 fully saturated rings. The predicted octanol–water partition coefficient (Wildman–Crippen LogP) is 4.71. The topological polar surface area (TPSA) is 114 Å². The molecule has 3 aromatic heterocycles. The molecule has 0 spiro atoms. The summed E-state index contributed by atoms with van der Waals surface area (Å²) in [4.78, 5) is 25.6. The second-order valence-corrected chi connectivity index (χ2v) is 12.3. The summed E-state index contributed by atoms with van der Waals surface area (Å²) in [5, 5.41) is 12.7. The summed E-state index contributed by atoms with van der Waals surface area (Å²) >= 11 is 1.38. The van der Waals surface area contributed by atoms with Crippen molar-refractivity contribution >= 4 is 39.0 Å². The molecule has 0 radical (unpaired) electrons. The van der Waals surface area contributed by atoms with Crippen molar-refractivity contribution in [3.8, 4) is 11.5 Å². The van der Waals surface area contributed by atoms with E-state index in [2.05, 4.69) is 30.7 Å². The summed E-state index contributed by atoms with van der Waals surface area (Å²) in [5.41, 5.74) is 1.14. The van der Waals surface area contributed by atoms with Crippen molar-refractivity contribution in [1.82, 2.24) is 29.9 Å². The zero-order chi connectivity index (χ0) is 31.7. The molecule has 4 aromatic rings. The van der Waals surface area contributed by atoms with Gasteiger partial charge < -0.3 is 34.3 Å². The Hall–Kier alpha value is -3.76. The van der Waals surface area contributed by atoms with Gasteiger partial charge in [-0.2, -0.15) is 18.2 Å². The first kappa shape index (κ1) is 31.2. The number of likely N-dealkylation sites (tertiary alicyclic amines) is 1. The highest BCUT2D eigenvalue weighted by atomic mass is 32.1. The first-order valence-electron chi connectivity index (χ1n) is 14.7. The van der Waals surface area contributed by atoms with E-state index >= 15 is 0 Å². The number of methoxy groups -OCH3 is 1. The largest absolute Gasteiger partial charge is 0.406 e. The summed E-state index contributed by atoms with van der Waals surface area (Å²) in [5.74, 6) is -0.487. The Morgan fingerprint density at radius 2 is 1.98 bits per heavy atom.